The molecule has 19 heavy (non-hydrogen) atoms. The largest absolute Gasteiger partial charge is 0.456 e. The minimum atomic E-state index is -0.269. The highest BCUT2D eigenvalue weighted by Crippen LogP contribution is 2.23. The second kappa shape index (κ2) is 6.29. The molecule has 0 saturated heterocycles. The Morgan fingerprint density at radius 2 is 2.05 bits per heavy atom. The first kappa shape index (κ1) is 13.5. The maximum atomic E-state index is 13.4. The summed E-state index contributed by atoms with van der Waals surface area (Å²) < 4.78 is 19.0. The molecule has 0 aliphatic heterocycles. The van der Waals surface area contributed by atoms with Gasteiger partial charge in [0.25, 0.3) is 0 Å². The van der Waals surface area contributed by atoms with Crippen LogP contribution in [0.3, 0.4) is 0 Å². The van der Waals surface area contributed by atoms with Gasteiger partial charge in [0.05, 0.1) is 6.20 Å². The topological polar surface area (TPSA) is 34.2 Å². The lowest BCUT2D eigenvalue weighted by atomic mass is 10.2. The SMILES string of the molecule is CCNCc1cncc(Oc2ccc(C)c(F)c2)c1. The zero-order valence-electron chi connectivity index (χ0n) is 11.1. The number of pyridine rings is 1. The highest BCUT2D eigenvalue weighted by Gasteiger charge is 2.03. The summed E-state index contributed by atoms with van der Waals surface area (Å²) in [6.07, 6.45) is 3.40. The van der Waals surface area contributed by atoms with E-state index in [0.717, 1.165) is 18.7 Å². The average Bonchev–Trinajstić information content (AvgIpc) is 2.41. The van der Waals surface area contributed by atoms with Crippen molar-refractivity contribution in [3.8, 4) is 11.5 Å². The maximum absolute atomic E-state index is 13.4. The summed E-state index contributed by atoms with van der Waals surface area (Å²) in [4.78, 5) is 4.11. The number of hydrogen-bond donors (Lipinski definition) is 1. The summed E-state index contributed by atoms with van der Waals surface area (Å²) in [5.74, 6) is 0.818. The molecule has 0 radical (unpaired) electrons. The van der Waals surface area contributed by atoms with Gasteiger partial charge in [-0.05, 0) is 36.7 Å². The molecule has 0 bridgehead atoms. The zero-order chi connectivity index (χ0) is 13.7. The normalized spacial score (nSPS) is 10.5. The van der Waals surface area contributed by atoms with Crippen molar-refractivity contribution in [1.82, 2.24) is 10.3 Å². The number of aryl methyl sites for hydroxylation is 1. The maximum Gasteiger partial charge on any atom is 0.146 e. The van der Waals surface area contributed by atoms with E-state index < -0.39 is 0 Å². The van der Waals surface area contributed by atoms with E-state index in [9.17, 15) is 4.39 Å². The lowest BCUT2D eigenvalue weighted by Crippen LogP contribution is -2.11. The van der Waals surface area contributed by atoms with Crippen LogP contribution in [0.4, 0.5) is 4.39 Å². The Bertz CT molecular complexity index is 558. The molecule has 0 unspecified atom stereocenters. The molecule has 0 fully saturated rings. The fraction of sp³-hybridized carbons (Fsp3) is 0.267. The Labute approximate surface area is 112 Å². The number of aromatic nitrogens is 1. The van der Waals surface area contributed by atoms with Crippen LogP contribution in [-0.2, 0) is 6.54 Å². The number of benzene rings is 1. The Morgan fingerprint density at radius 1 is 1.21 bits per heavy atom. The van der Waals surface area contributed by atoms with Gasteiger partial charge < -0.3 is 10.1 Å². The third-order valence-electron chi connectivity index (χ3n) is 2.73. The van der Waals surface area contributed by atoms with Crippen molar-refractivity contribution in [1.29, 1.82) is 0 Å². The van der Waals surface area contributed by atoms with Gasteiger partial charge in [0.2, 0.25) is 0 Å². The number of nitrogens with zero attached hydrogens (tertiary/aromatic N) is 1. The fourth-order valence-electron chi connectivity index (χ4n) is 1.66. The van der Waals surface area contributed by atoms with Crippen molar-refractivity contribution in [2.75, 3.05) is 6.54 Å². The Hall–Kier alpha value is -1.94. The molecule has 1 N–H and O–H groups in total. The summed E-state index contributed by atoms with van der Waals surface area (Å²) in [6.45, 7) is 5.40. The summed E-state index contributed by atoms with van der Waals surface area (Å²) in [7, 11) is 0. The lowest BCUT2D eigenvalue weighted by molar-refractivity contribution is 0.472. The molecule has 0 atom stereocenters. The van der Waals surface area contributed by atoms with Crippen molar-refractivity contribution < 1.29 is 9.13 Å². The van der Waals surface area contributed by atoms with E-state index >= 15 is 0 Å². The monoisotopic (exact) mass is 260 g/mol. The van der Waals surface area contributed by atoms with Gasteiger partial charge in [0.1, 0.15) is 17.3 Å². The van der Waals surface area contributed by atoms with E-state index in [2.05, 4.69) is 10.3 Å². The minimum Gasteiger partial charge on any atom is -0.456 e. The van der Waals surface area contributed by atoms with E-state index in [0.29, 0.717) is 17.1 Å². The van der Waals surface area contributed by atoms with Gasteiger partial charge in [-0.2, -0.15) is 0 Å². The lowest BCUT2D eigenvalue weighted by Gasteiger charge is -2.08. The van der Waals surface area contributed by atoms with Crippen LogP contribution in [0, 0.1) is 12.7 Å². The highest BCUT2D eigenvalue weighted by molar-refractivity contribution is 5.33. The Morgan fingerprint density at radius 3 is 2.79 bits per heavy atom. The van der Waals surface area contributed by atoms with Gasteiger partial charge in [-0.15, -0.1) is 0 Å². The van der Waals surface area contributed by atoms with Crippen molar-refractivity contribution in [3.05, 3.63) is 53.6 Å². The number of nitrogens with one attached hydrogen (secondary N) is 1. The smallest absolute Gasteiger partial charge is 0.146 e. The van der Waals surface area contributed by atoms with E-state index in [1.807, 2.05) is 13.0 Å². The fourth-order valence-corrected chi connectivity index (χ4v) is 1.66. The molecule has 1 aromatic heterocycles. The van der Waals surface area contributed by atoms with Crippen molar-refractivity contribution >= 4 is 0 Å². The first-order valence-electron chi connectivity index (χ1n) is 6.27. The van der Waals surface area contributed by atoms with Crippen molar-refractivity contribution in [2.45, 2.75) is 20.4 Å². The summed E-state index contributed by atoms with van der Waals surface area (Å²) in [6, 6.07) is 6.72. The summed E-state index contributed by atoms with van der Waals surface area (Å²) in [5, 5.41) is 3.22. The molecule has 0 aliphatic rings. The Balaban J connectivity index is 2.11. The molecular weight excluding hydrogens is 243 g/mol. The number of rotatable bonds is 5. The average molecular weight is 260 g/mol. The third kappa shape index (κ3) is 3.76. The number of ether oxygens (including phenoxy) is 1. The molecule has 0 aliphatic carbocycles. The van der Waals surface area contributed by atoms with Crippen LogP contribution in [-0.4, -0.2) is 11.5 Å². The molecule has 1 aromatic carbocycles. The number of halogens is 1. The standard InChI is InChI=1S/C15H17FN2O/c1-3-17-8-12-6-14(10-18-9-12)19-13-5-4-11(2)15(16)7-13/h4-7,9-10,17H,3,8H2,1-2H3. The quantitative estimate of drug-likeness (QED) is 0.894. The minimum absolute atomic E-state index is 0.269. The van der Waals surface area contributed by atoms with Crippen molar-refractivity contribution in [2.24, 2.45) is 0 Å². The van der Waals surface area contributed by atoms with Crippen LogP contribution in [0.1, 0.15) is 18.1 Å². The molecule has 2 rings (SSSR count). The predicted molar refractivity (Wildman–Crippen MR) is 72.8 cm³/mol. The molecule has 100 valence electrons. The van der Waals surface area contributed by atoms with Gasteiger partial charge >= 0.3 is 0 Å². The first-order valence-corrected chi connectivity index (χ1v) is 6.27. The predicted octanol–water partition coefficient (Wildman–Crippen LogP) is 3.43. The van der Waals surface area contributed by atoms with Gasteiger partial charge in [-0.3, -0.25) is 4.98 Å². The van der Waals surface area contributed by atoms with Gasteiger partial charge in [0.15, 0.2) is 0 Å². The zero-order valence-corrected chi connectivity index (χ0v) is 11.1. The Kier molecular flexibility index (Phi) is 4.47. The second-order valence-corrected chi connectivity index (χ2v) is 4.32. The van der Waals surface area contributed by atoms with Crippen LogP contribution in [0.2, 0.25) is 0 Å². The molecule has 4 heteroatoms. The molecule has 2 aromatic rings. The van der Waals surface area contributed by atoms with Gasteiger partial charge in [-0.25, -0.2) is 4.39 Å². The van der Waals surface area contributed by atoms with Gasteiger partial charge in [0, 0.05) is 18.8 Å². The van der Waals surface area contributed by atoms with Gasteiger partial charge in [-0.1, -0.05) is 13.0 Å². The van der Waals surface area contributed by atoms with E-state index in [1.165, 1.54) is 6.07 Å². The van der Waals surface area contributed by atoms with Crippen LogP contribution in [0.15, 0.2) is 36.7 Å². The highest BCUT2D eigenvalue weighted by atomic mass is 19.1. The molecule has 3 nitrogen and oxygen atoms in total. The van der Waals surface area contributed by atoms with Crippen LogP contribution in [0.25, 0.3) is 0 Å². The molecule has 0 saturated carbocycles. The van der Waals surface area contributed by atoms with Crippen LogP contribution >= 0.6 is 0 Å². The number of hydrogen-bond acceptors (Lipinski definition) is 3. The van der Waals surface area contributed by atoms with Crippen LogP contribution < -0.4 is 10.1 Å². The molecule has 1 heterocycles. The summed E-state index contributed by atoms with van der Waals surface area (Å²) >= 11 is 0. The van der Waals surface area contributed by atoms with E-state index in [1.54, 1.807) is 31.5 Å². The molecular formula is C15H17FN2O. The third-order valence-corrected chi connectivity index (χ3v) is 2.73. The van der Waals surface area contributed by atoms with Crippen molar-refractivity contribution in [3.63, 3.8) is 0 Å². The second-order valence-electron chi connectivity index (χ2n) is 4.32. The van der Waals surface area contributed by atoms with E-state index in [-0.39, 0.29) is 5.82 Å². The first-order chi connectivity index (χ1) is 9.19. The molecule has 0 amide bonds. The van der Waals surface area contributed by atoms with E-state index in [4.69, 9.17) is 4.74 Å². The molecule has 0 spiro atoms. The summed E-state index contributed by atoms with van der Waals surface area (Å²) in [5.41, 5.74) is 1.64. The van der Waals surface area contributed by atoms with Crippen LogP contribution in [0.5, 0.6) is 11.5 Å².